The standard InChI is InChI=1S/C13H19NO3/c1-3-9-16-13(15)12(4-2)17-11-7-5-10(14)6-8-11/h5-8,12H,3-4,9,14H2,1-2H3. The first-order chi connectivity index (χ1) is 8.17. The van der Waals surface area contributed by atoms with Crippen LogP contribution in [0.1, 0.15) is 26.7 Å². The fraction of sp³-hybridized carbons (Fsp3) is 0.462. The normalized spacial score (nSPS) is 11.9. The average molecular weight is 237 g/mol. The SMILES string of the molecule is CCCOC(=O)C(CC)Oc1ccc(N)cc1. The van der Waals surface area contributed by atoms with Crippen LogP contribution in [0.2, 0.25) is 0 Å². The molecule has 17 heavy (non-hydrogen) atoms. The van der Waals surface area contributed by atoms with Crippen LogP contribution in [0.5, 0.6) is 5.75 Å². The number of benzene rings is 1. The second kappa shape index (κ2) is 6.78. The molecule has 0 aliphatic rings. The molecule has 0 aromatic heterocycles. The summed E-state index contributed by atoms with van der Waals surface area (Å²) in [5.41, 5.74) is 6.23. The lowest BCUT2D eigenvalue weighted by molar-refractivity contribution is -0.152. The molecule has 0 aliphatic heterocycles. The predicted molar refractivity (Wildman–Crippen MR) is 66.8 cm³/mol. The lowest BCUT2D eigenvalue weighted by Gasteiger charge is -2.16. The van der Waals surface area contributed by atoms with Crippen molar-refractivity contribution in [1.29, 1.82) is 0 Å². The van der Waals surface area contributed by atoms with Gasteiger partial charge in [-0.05, 0) is 37.1 Å². The lowest BCUT2D eigenvalue weighted by atomic mass is 10.2. The molecular formula is C13H19NO3. The van der Waals surface area contributed by atoms with Gasteiger partial charge in [-0.1, -0.05) is 13.8 Å². The molecule has 0 spiro atoms. The summed E-state index contributed by atoms with van der Waals surface area (Å²) in [7, 11) is 0. The quantitative estimate of drug-likeness (QED) is 0.609. The topological polar surface area (TPSA) is 61.5 Å². The molecule has 4 nitrogen and oxygen atoms in total. The Kier molecular flexibility index (Phi) is 5.33. The zero-order valence-corrected chi connectivity index (χ0v) is 10.3. The molecule has 4 heteroatoms. The summed E-state index contributed by atoms with van der Waals surface area (Å²) >= 11 is 0. The zero-order chi connectivity index (χ0) is 12.7. The molecule has 1 aromatic carbocycles. The Bertz CT molecular complexity index is 348. The van der Waals surface area contributed by atoms with Crippen molar-refractivity contribution in [3.63, 3.8) is 0 Å². The van der Waals surface area contributed by atoms with Crippen LogP contribution in [0, 0.1) is 0 Å². The van der Waals surface area contributed by atoms with Gasteiger partial charge in [0, 0.05) is 5.69 Å². The highest BCUT2D eigenvalue weighted by Gasteiger charge is 2.19. The van der Waals surface area contributed by atoms with E-state index in [1.165, 1.54) is 0 Å². The van der Waals surface area contributed by atoms with E-state index in [-0.39, 0.29) is 5.97 Å². The first-order valence-corrected chi connectivity index (χ1v) is 5.86. The van der Waals surface area contributed by atoms with Crippen molar-refractivity contribution in [2.45, 2.75) is 32.8 Å². The summed E-state index contributed by atoms with van der Waals surface area (Å²) in [4.78, 5) is 11.6. The summed E-state index contributed by atoms with van der Waals surface area (Å²) in [5.74, 6) is 0.311. The van der Waals surface area contributed by atoms with Crippen LogP contribution in [0.3, 0.4) is 0 Å². The van der Waals surface area contributed by atoms with Gasteiger partial charge in [0.15, 0.2) is 6.10 Å². The second-order valence-electron chi connectivity index (χ2n) is 3.75. The molecule has 1 rings (SSSR count). The Morgan fingerprint density at radius 1 is 1.29 bits per heavy atom. The molecule has 94 valence electrons. The van der Waals surface area contributed by atoms with Crippen molar-refractivity contribution in [3.8, 4) is 5.75 Å². The van der Waals surface area contributed by atoms with Gasteiger partial charge in [0.1, 0.15) is 5.75 Å². The number of hydrogen-bond donors (Lipinski definition) is 1. The summed E-state index contributed by atoms with van der Waals surface area (Å²) in [6.07, 6.45) is 0.835. The summed E-state index contributed by atoms with van der Waals surface area (Å²) in [5, 5.41) is 0. The number of nitrogen functional groups attached to an aromatic ring is 1. The van der Waals surface area contributed by atoms with Gasteiger partial charge in [-0.3, -0.25) is 0 Å². The minimum Gasteiger partial charge on any atom is -0.479 e. The molecular weight excluding hydrogens is 218 g/mol. The summed E-state index contributed by atoms with van der Waals surface area (Å²) in [6.45, 7) is 4.27. The molecule has 0 aliphatic carbocycles. The van der Waals surface area contributed by atoms with Gasteiger partial charge >= 0.3 is 5.97 Å². The Morgan fingerprint density at radius 2 is 1.94 bits per heavy atom. The van der Waals surface area contributed by atoms with Crippen LogP contribution in [0.25, 0.3) is 0 Å². The number of carbonyl (C=O) groups is 1. The molecule has 0 amide bonds. The number of rotatable bonds is 6. The molecule has 0 fully saturated rings. The Labute approximate surface area is 102 Å². The van der Waals surface area contributed by atoms with Crippen molar-refractivity contribution in [3.05, 3.63) is 24.3 Å². The van der Waals surface area contributed by atoms with Crippen molar-refractivity contribution in [1.82, 2.24) is 0 Å². The summed E-state index contributed by atoms with van der Waals surface area (Å²) < 4.78 is 10.6. The van der Waals surface area contributed by atoms with E-state index in [4.69, 9.17) is 15.2 Å². The average Bonchev–Trinajstić information content (AvgIpc) is 2.35. The molecule has 1 unspecified atom stereocenters. The minimum atomic E-state index is -0.551. The van der Waals surface area contributed by atoms with Crippen LogP contribution in [-0.4, -0.2) is 18.7 Å². The third-order valence-corrected chi connectivity index (χ3v) is 2.24. The van der Waals surface area contributed by atoms with Crippen molar-refractivity contribution < 1.29 is 14.3 Å². The highest BCUT2D eigenvalue weighted by Crippen LogP contribution is 2.16. The third-order valence-electron chi connectivity index (χ3n) is 2.24. The van der Waals surface area contributed by atoms with Crippen LogP contribution < -0.4 is 10.5 Å². The maximum atomic E-state index is 11.6. The highest BCUT2D eigenvalue weighted by atomic mass is 16.6. The fourth-order valence-electron chi connectivity index (χ4n) is 1.30. The van der Waals surface area contributed by atoms with Crippen molar-refractivity contribution in [2.24, 2.45) is 0 Å². The van der Waals surface area contributed by atoms with Gasteiger partial charge in [-0.25, -0.2) is 4.79 Å². The van der Waals surface area contributed by atoms with E-state index in [9.17, 15) is 4.79 Å². The monoisotopic (exact) mass is 237 g/mol. The maximum Gasteiger partial charge on any atom is 0.347 e. The van der Waals surface area contributed by atoms with E-state index in [1.807, 2.05) is 13.8 Å². The van der Waals surface area contributed by atoms with Crippen LogP contribution >= 0.6 is 0 Å². The van der Waals surface area contributed by atoms with Crippen LogP contribution in [0.15, 0.2) is 24.3 Å². The molecule has 0 saturated heterocycles. The van der Waals surface area contributed by atoms with E-state index in [2.05, 4.69) is 0 Å². The minimum absolute atomic E-state index is 0.314. The predicted octanol–water partition coefficient (Wildman–Crippen LogP) is 2.38. The number of anilines is 1. The lowest BCUT2D eigenvalue weighted by Crippen LogP contribution is -2.28. The van der Waals surface area contributed by atoms with E-state index in [0.717, 1.165) is 6.42 Å². The molecule has 1 atom stereocenters. The maximum absolute atomic E-state index is 11.6. The molecule has 0 bridgehead atoms. The molecule has 1 aromatic rings. The van der Waals surface area contributed by atoms with E-state index >= 15 is 0 Å². The zero-order valence-electron chi connectivity index (χ0n) is 10.3. The molecule has 2 N–H and O–H groups in total. The Morgan fingerprint density at radius 3 is 2.47 bits per heavy atom. The van der Waals surface area contributed by atoms with Gasteiger partial charge in [-0.2, -0.15) is 0 Å². The Balaban J connectivity index is 2.57. The van der Waals surface area contributed by atoms with Gasteiger partial charge in [0.05, 0.1) is 6.61 Å². The second-order valence-corrected chi connectivity index (χ2v) is 3.75. The largest absolute Gasteiger partial charge is 0.479 e. The van der Waals surface area contributed by atoms with Gasteiger partial charge in [-0.15, -0.1) is 0 Å². The van der Waals surface area contributed by atoms with Gasteiger partial charge in [0.25, 0.3) is 0 Å². The van der Waals surface area contributed by atoms with Gasteiger partial charge < -0.3 is 15.2 Å². The van der Waals surface area contributed by atoms with E-state index in [1.54, 1.807) is 24.3 Å². The van der Waals surface area contributed by atoms with Crippen LogP contribution in [-0.2, 0) is 9.53 Å². The van der Waals surface area contributed by atoms with E-state index < -0.39 is 6.10 Å². The smallest absolute Gasteiger partial charge is 0.347 e. The molecule has 0 radical (unpaired) electrons. The number of ether oxygens (including phenoxy) is 2. The number of esters is 1. The first-order valence-electron chi connectivity index (χ1n) is 5.86. The number of nitrogens with two attached hydrogens (primary N) is 1. The first kappa shape index (κ1) is 13.4. The number of hydrogen-bond acceptors (Lipinski definition) is 4. The number of carbonyl (C=O) groups excluding carboxylic acids is 1. The Hall–Kier alpha value is -1.71. The molecule has 0 heterocycles. The highest BCUT2D eigenvalue weighted by molar-refractivity contribution is 5.75. The summed E-state index contributed by atoms with van der Waals surface area (Å²) in [6, 6.07) is 6.95. The van der Waals surface area contributed by atoms with Gasteiger partial charge in [0.2, 0.25) is 0 Å². The van der Waals surface area contributed by atoms with Crippen LogP contribution in [0.4, 0.5) is 5.69 Å². The van der Waals surface area contributed by atoms with Crippen molar-refractivity contribution in [2.75, 3.05) is 12.3 Å². The van der Waals surface area contributed by atoms with Crippen molar-refractivity contribution >= 4 is 11.7 Å². The molecule has 0 saturated carbocycles. The fourth-order valence-corrected chi connectivity index (χ4v) is 1.30. The third kappa shape index (κ3) is 4.34. The van der Waals surface area contributed by atoms with E-state index in [0.29, 0.717) is 24.5 Å².